The predicted octanol–water partition coefficient (Wildman–Crippen LogP) is 1.44. The molecule has 0 spiro atoms. The van der Waals surface area contributed by atoms with Crippen molar-refractivity contribution >= 4 is 17.8 Å². The average Bonchev–Trinajstić information content (AvgIpc) is 2.84. The first-order valence-corrected chi connectivity index (χ1v) is 6.69. The van der Waals surface area contributed by atoms with Crippen LogP contribution < -0.4 is 5.73 Å². The summed E-state index contributed by atoms with van der Waals surface area (Å²) in [4.78, 5) is 0. The third kappa shape index (κ3) is 3.68. The number of hydrogen-bond donors (Lipinski definition) is 1. The summed E-state index contributed by atoms with van der Waals surface area (Å²) in [6.07, 6.45) is 4.19. The fourth-order valence-electron chi connectivity index (χ4n) is 1.43. The molecule has 1 heterocycles. The molecule has 2 aromatic rings. The second-order valence-corrected chi connectivity index (χ2v) is 4.58. The van der Waals surface area contributed by atoms with E-state index in [0.717, 1.165) is 10.9 Å². The first-order valence-electron chi connectivity index (χ1n) is 5.71. The highest BCUT2D eigenvalue weighted by molar-refractivity contribution is 7.99. The molecular weight excluding hydrogens is 246 g/mol. The maximum Gasteiger partial charge on any atom is 0.209 e. The lowest BCUT2D eigenvalue weighted by Crippen LogP contribution is -2.12. The third-order valence-electron chi connectivity index (χ3n) is 2.26. The van der Waals surface area contributed by atoms with E-state index >= 15 is 0 Å². The van der Waals surface area contributed by atoms with Gasteiger partial charge in [0.15, 0.2) is 0 Å². The predicted molar refractivity (Wildman–Crippen MR) is 73.1 cm³/mol. The van der Waals surface area contributed by atoms with Crippen molar-refractivity contribution < 1.29 is 0 Å². The minimum Gasteiger partial charge on any atom is -0.329 e. The van der Waals surface area contributed by atoms with Crippen molar-refractivity contribution in [3.05, 3.63) is 42.0 Å². The zero-order valence-corrected chi connectivity index (χ0v) is 10.8. The molecule has 94 valence electrons. The Morgan fingerprint density at radius 2 is 2.11 bits per heavy atom. The minimum atomic E-state index is 0.540. The molecule has 0 aliphatic carbocycles. The van der Waals surface area contributed by atoms with Gasteiger partial charge in [0.2, 0.25) is 5.16 Å². The van der Waals surface area contributed by atoms with Gasteiger partial charge in [-0.25, -0.2) is 4.68 Å². The van der Waals surface area contributed by atoms with E-state index < -0.39 is 0 Å². The standard InChI is InChI=1S/C12H15N5S/c13-8-9-17-12(14-15-16-17)18-10-4-7-11-5-2-1-3-6-11/h1-7H,8-10,13H2. The van der Waals surface area contributed by atoms with Gasteiger partial charge in [0.1, 0.15) is 0 Å². The van der Waals surface area contributed by atoms with E-state index in [9.17, 15) is 0 Å². The Labute approximate surface area is 110 Å². The van der Waals surface area contributed by atoms with Crippen molar-refractivity contribution in [2.24, 2.45) is 5.73 Å². The lowest BCUT2D eigenvalue weighted by atomic mass is 10.2. The summed E-state index contributed by atoms with van der Waals surface area (Å²) in [7, 11) is 0. The highest BCUT2D eigenvalue weighted by Crippen LogP contribution is 2.14. The van der Waals surface area contributed by atoms with Crippen molar-refractivity contribution in [1.82, 2.24) is 20.2 Å². The molecule has 0 aliphatic rings. The van der Waals surface area contributed by atoms with Crippen LogP contribution in [-0.4, -0.2) is 32.5 Å². The van der Waals surface area contributed by atoms with Gasteiger partial charge in [-0.1, -0.05) is 54.2 Å². The molecule has 0 saturated heterocycles. The van der Waals surface area contributed by atoms with Crippen LogP contribution in [0, 0.1) is 0 Å². The van der Waals surface area contributed by atoms with Gasteiger partial charge in [-0.05, 0) is 16.0 Å². The summed E-state index contributed by atoms with van der Waals surface area (Å²) in [6, 6.07) is 10.2. The summed E-state index contributed by atoms with van der Waals surface area (Å²) in [5.74, 6) is 0.833. The molecule has 18 heavy (non-hydrogen) atoms. The first-order chi connectivity index (χ1) is 8.90. The summed E-state index contributed by atoms with van der Waals surface area (Å²) < 4.78 is 1.72. The van der Waals surface area contributed by atoms with E-state index in [-0.39, 0.29) is 0 Å². The van der Waals surface area contributed by atoms with Crippen LogP contribution in [0.5, 0.6) is 0 Å². The molecule has 1 aromatic carbocycles. The van der Waals surface area contributed by atoms with Crippen molar-refractivity contribution in [3.8, 4) is 0 Å². The molecule has 0 unspecified atom stereocenters. The van der Waals surface area contributed by atoms with Gasteiger partial charge in [0.25, 0.3) is 0 Å². The Morgan fingerprint density at radius 1 is 1.28 bits per heavy atom. The second-order valence-electron chi connectivity index (χ2n) is 3.60. The molecular formula is C12H15N5S. The van der Waals surface area contributed by atoms with Crippen LogP contribution in [0.25, 0.3) is 6.08 Å². The number of nitrogens with two attached hydrogens (primary N) is 1. The summed E-state index contributed by atoms with van der Waals surface area (Å²) in [5, 5.41) is 12.3. The zero-order chi connectivity index (χ0) is 12.6. The summed E-state index contributed by atoms with van der Waals surface area (Å²) in [5.41, 5.74) is 6.67. The van der Waals surface area contributed by atoms with Crippen LogP contribution in [0.15, 0.2) is 41.6 Å². The van der Waals surface area contributed by atoms with Crippen LogP contribution >= 0.6 is 11.8 Å². The monoisotopic (exact) mass is 261 g/mol. The molecule has 0 radical (unpaired) electrons. The first kappa shape index (κ1) is 12.8. The van der Waals surface area contributed by atoms with E-state index in [0.29, 0.717) is 13.1 Å². The maximum absolute atomic E-state index is 5.48. The minimum absolute atomic E-state index is 0.540. The molecule has 6 heteroatoms. The molecule has 1 aromatic heterocycles. The smallest absolute Gasteiger partial charge is 0.209 e. The Kier molecular flexibility index (Phi) is 4.92. The number of hydrogen-bond acceptors (Lipinski definition) is 5. The van der Waals surface area contributed by atoms with Crippen LogP contribution in [0.3, 0.4) is 0 Å². The Hall–Kier alpha value is -1.66. The Balaban J connectivity index is 1.85. The van der Waals surface area contributed by atoms with E-state index in [1.54, 1.807) is 16.4 Å². The van der Waals surface area contributed by atoms with Crippen LogP contribution in [0.4, 0.5) is 0 Å². The number of aromatic nitrogens is 4. The van der Waals surface area contributed by atoms with E-state index in [1.807, 2.05) is 18.2 Å². The van der Waals surface area contributed by atoms with Crippen molar-refractivity contribution in [1.29, 1.82) is 0 Å². The SMILES string of the molecule is NCCn1nnnc1SCC=Cc1ccccc1. The van der Waals surface area contributed by atoms with Crippen molar-refractivity contribution in [2.75, 3.05) is 12.3 Å². The van der Waals surface area contributed by atoms with Gasteiger partial charge in [0, 0.05) is 12.3 Å². The van der Waals surface area contributed by atoms with E-state index in [1.165, 1.54) is 5.56 Å². The van der Waals surface area contributed by atoms with Crippen LogP contribution in [0.1, 0.15) is 5.56 Å². The molecule has 2 rings (SSSR count). The van der Waals surface area contributed by atoms with Gasteiger partial charge in [-0.3, -0.25) is 0 Å². The number of benzene rings is 1. The number of thioether (sulfide) groups is 1. The molecule has 5 nitrogen and oxygen atoms in total. The van der Waals surface area contributed by atoms with Crippen molar-refractivity contribution in [3.63, 3.8) is 0 Å². The van der Waals surface area contributed by atoms with E-state index in [4.69, 9.17) is 5.73 Å². The Morgan fingerprint density at radius 3 is 2.89 bits per heavy atom. The topological polar surface area (TPSA) is 69.6 Å². The lowest BCUT2D eigenvalue weighted by Gasteiger charge is -1.99. The number of tetrazole rings is 1. The van der Waals surface area contributed by atoms with Gasteiger partial charge in [0.05, 0.1) is 6.54 Å². The number of nitrogens with zero attached hydrogens (tertiary/aromatic N) is 4. The average molecular weight is 261 g/mol. The fourth-order valence-corrected chi connectivity index (χ4v) is 2.15. The van der Waals surface area contributed by atoms with Gasteiger partial charge in [-0.2, -0.15) is 0 Å². The largest absolute Gasteiger partial charge is 0.329 e. The second kappa shape index (κ2) is 6.93. The molecule has 0 aliphatic heterocycles. The quantitative estimate of drug-likeness (QED) is 0.797. The highest BCUT2D eigenvalue weighted by Gasteiger charge is 2.03. The summed E-state index contributed by atoms with van der Waals surface area (Å²) >= 11 is 1.60. The maximum atomic E-state index is 5.48. The molecule has 0 amide bonds. The van der Waals surface area contributed by atoms with Gasteiger partial charge >= 0.3 is 0 Å². The zero-order valence-electron chi connectivity index (χ0n) is 9.94. The van der Waals surface area contributed by atoms with Crippen molar-refractivity contribution in [2.45, 2.75) is 11.7 Å². The normalized spacial score (nSPS) is 11.2. The molecule has 0 atom stereocenters. The molecule has 0 bridgehead atoms. The molecule has 0 fully saturated rings. The molecule has 0 saturated carbocycles. The third-order valence-corrected chi connectivity index (χ3v) is 3.17. The van der Waals surface area contributed by atoms with E-state index in [2.05, 4.69) is 39.8 Å². The Bertz CT molecular complexity index is 494. The molecule has 2 N–H and O–H groups in total. The lowest BCUT2D eigenvalue weighted by molar-refractivity contribution is 0.557. The van der Waals surface area contributed by atoms with Crippen LogP contribution in [0.2, 0.25) is 0 Å². The summed E-state index contributed by atoms with van der Waals surface area (Å²) in [6.45, 7) is 1.19. The highest BCUT2D eigenvalue weighted by atomic mass is 32.2. The van der Waals surface area contributed by atoms with Gasteiger partial charge < -0.3 is 5.73 Å². The van der Waals surface area contributed by atoms with Gasteiger partial charge in [-0.15, -0.1) is 5.10 Å². The fraction of sp³-hybridized carbons (Fsp3) is 0.250. The van der Waals surface area contributed by atoms with Crippen LogP contribution in [-0.2, 0) is 6.54 Å². The number of rotatable bonds is 6.